The van der Waals surface area contributed by atoms with E-state index in [0.717, 1.165) is 28.4 Å². The van der Waals surface area contributed by atoms with Gasteiger partial charge in [0.15, 0.2) is 0 Å². The molecule has 1 amide bonds. The molecule has 0 aliphatic heterocycles. The minimum absolute atomic E-state index is 0.125. The summed E-state index contributed by atoms with van der Waals surface area (Å²) in [7, 11) is 1.74. The summed E-state index contributed by atoms with van der Waals surface area (Å²) in [5, 5.41) is 7.28. The maximum Gasteiger partial charge on any atom is 0.258 e. The summed E-state index contributed by atoms with van der Waals surface area (Å²) in [5.74, 6) is -0.441. The van der Waals surface area contributed by atoms with Gasteiger partial charge < -0.3 is 15.5 Å². The maximum absolute atomic E-state index is 13.7. The Kier molecular flexibility index (Phi) is 6.05. The fraction of sp³-hybridized carbons (Fsp3) is 0.0357. The molecule has 5 rings (SSSR count). The highest BCUT2D eigenvalue weighted by atomic mass is 19.1. The number of carbonyl (C=O) groups is 1. The van der Waals surface area contributed by atoms with E-state index in [4.69, 9.17) is 0 Å². The Hall–Kier alpha value is -4.78. The van der Waals surface area contributed by atoms with Crippen molar-refractivity contribution in [3.8, 4) is 0 Å². The van der Waals surface area contributed by atoms with Crippen molar-refractivity contribution in [2.75, 3.05) is 22.6 Å². The second-order valence-corrected chi connectivity index (χ2v) is 8.00. The summed E-state index contributed by atoms with van der Waals surface area (Å²) in [4.78, 5) is 23.0. The van der Waals surface area contributed by atoms with Crippen LogP contribution in [0.4, 0.5) is 32.8 Å². The predicted molar refractivity (Wildman–Crippen MR) is 138 cm³/mol. The van der Waals surface area contributed by atoms with Crippen LogP contribution in [0, 0.1) is 5.82 Å². The van der Waals surface area contributed by atoms with E-state index in [2.05, 4.69) is 20.6 Å². The Balaban J connectivity index is 1.31. The van der Waals surface area contributed by atoms with E-state index < -0.39 is 0 Å². The fourth-order valence-corrected chi connectivity index (χ4v) is 3.79. The number of nitrogens with one attached hydrogen (secondary N) is 2. The highest BCUT2D eigenvalue weighted by Crippen LogP contribution is 2.27. The van der Waals surface area contributed by atoms with Gasteiger partial charge in [-0.15, -0.1) is 0 Å². The SMILES string of the molecule is CN(C(=O)c1cccc(Nc2ccncc2)c1)c1ccc(Nc2ccnc3ccc(F)cc23)cc1. The number of nitrogens with zero attached hydrogens (tertiary/aromatic N) is 3. The Morgan fingerprint density at radius 1 is 0.800 bits per heavy atom. The number of fused-ring (bicyclic) bond motifs is 1. The molecule has 0 bridgehead atoms. The molecule has 0 saturated heterocycles. The molecule has 172 valence electrons. The van der Waals surface area contributed by atoms with Crippen molar-refractivity contribution in [3.63, 3.8) is 0 Å². The van der Waals surface area contributed by atoms with E-state index in [9.17, 15) is 9.18 Å². The van der Waals surface area contributed by atoms with E-state index in [1.807, 2.05) is 54.6 Å². The summed E-state index contributed by atoms with van der Waals surface area (Å²) in [6, 6.07) is 24.9. The first-order chi connectivity index (χ1) is 17.1. The van der Waals surface area contributed by atoms with Gasteiger partial charge in [-0.25, -0.2) is 4.39 Å². The second-order valence-electron chi connectivity index (χ2n) is 8.00. The lowest BCUT2D eigenvalue weighted by Crippen LogP contribution is -2.26. The number of hydrogen-bond donors (Lipinski definition) is 2. The third kappa shape index (κ3) is 4.94. The standard InChI is InChI=1S/C28H22FN5O/c1-34(28(35)19-3-2-4-23(17-19)32-22-11-14-30-15-12-22)24-8-6-21(7-9-24)33-27-13-16-31-26-10-5-20(29)18-25(26)27/h2-18H,1H3,(H,30,32)(H,31,33). The monoisotopic (exact) mass is 463 g/mol. The number of hydrogen-bond acceptors (Lipinski definition) is 5. The van der Waals surface area contributed by atoms with Crippen molar-refractivity contribution in [1.29, 1.82) is 0 Å². The van der Waals surface area contributed by atoms with E-state index in [-0.39, 0.29) is 11.7 Å². The lowest BCUT2D eigenvalue weighted by atomic mass is 10.1. The Morgan fingerprint density at radius 3 is 2.37 bits per heavy atom. The maximum atomic E-state index is 13.7. The Labute approximate surface area is 202 Å². The van der Waals surface area contributed by atoms with Crippen LogP contribution in [0.1, 0.15) is 10.4 Å². The fourth-order valence-electron chi connectivity index (χ4n) is 3.79. The zero-order valence-corrected chi connectivity index (χ0v) is 18.9. The molecule has 0 fully saturated rings. The molecule has 2 aromatic heterocycles. The molecule has 5 aromatic rings. The Bertz CT molecular complexity index is 1490. The number of anilines is 5. The van der Waals surface area contributed by atoms with Crippen molar-refractivity contribution >= 4 is 45.2 Å². The van der Waals surface area contributed by atoms with E-state index in [1.54, 1.807) is 48.7 Å². The molecule has 2 heterocycles. The molecule has 2 N–H and O–H groups in total. The van der Waals surface area contributed by atoms with Crippen molar-refractivity contribution in [3.05, 3.63) is 115 Å². The van der Waals surface area contributed by atoms with Crippen LogP contribution in [-0.4, -0.2) is 22.9 Å². The molecule has 3 aromatic carbocycles. The quantitative estimate of drug-likeness (QED) is 0.299. The van der Waals surface area contributed by atoms with Crippen molar-refractivity contribution in [2.24, 2.45) is 0 Å². The molecular weight excluding hydrogens is 441 g/mol. The van der Waals surface area contributed by atoms with Gasteiger partial charge in [0.2, 0.25) is 0 Å². The molecule has 0 unspecified atom stereocenters. The molecule has 0 saturated carbocycles. The third-order valence-corrected chi connectivity index (χ3v) is 5.62. The van der Waals surface area contributed by atoms with Gasteiger partial charge in [-0.3, -0.25) is 14.8 Å². The molecule has 0 atom stereocenters. The smallest absolute Gasteiger partial charge is 0.258 e. The van der Waals surface area contributed by atoms with Crippen molar-refractivity contribution < 1.29 is 9.18 Å². The number of carbonyl (C=O) groups excluding carboxylic acids is 1. The van der Waals surface area contributed by atoms with E-state index >= 15 is 0 Å². The van der Waals surface area contributed by atoms with Gasteiger partial charge in [0.25, 0.3) is 5.91 Å². The lowest BCUT2D eigenvalue weighted by Gasteiger charge is -2.19. The van der Waals surface area contributed by atoms with E-state index in [0.29, 0.717) is 16.5 Å². The summed E-state index contributed by atoms with van der Waals surface area (Å²) in [6.07, 6.45) is 5.10. The Morgan fingerprint density at radius 2 is 1.57 bits per heavy atom. The third-order valence-electron chi connectivity index (χ3n) is 5.62. The van der Waals surface area contributed by atoms with Crippen LogP contribution >= 0.6 is 0 Å². The van der Waals surface area contributed by atoms with Crippen LogP contribution in [0.2, 0.25) is 0 Å². The highest BCUT2D eigenvalue weighted by molar-refractivity contribution is 6.06. The largest absolute Gasteiger partial charge is 0.355 e. The molecule has 0 radical (unpaired) electrons. The predicted octanol–water partition coefficient (Wildman–Crippen LogP) is 6.53. The number of pyridine rings is 2. The van der Waals surface area contributed by atoms with Gasteiger partial charge in [-0.2, -0.15) is 0 Å². The number of rotatable bonds is 6. The van der Waals surface area contributed by atoms with Gasteiger partial charge in [-0.05, 0) is 78.9 Å². The molecule has 7 heteroatoms. The van der Waals surface area contributed by atoms with Crippen LogP contribution in [-0.2, 0) is 0 Å². The first kappa shape index (κ1) is 22.0. The van der Waals surface area contributed by atoms with Crippen LogP contribution < -0.4 is 15.5 Å². The van der Waals surface area contributed by atoms with Crippen LogP contribution in [0.3, 0.4) is 0 Å². The first-order valence-corrected chi connectivity index (χ1v) is 11.0. The number of aromatic nitrogens is 2. The van der Waals surface area contributed by atoms with Gasteiger partial charge >= 0.3 is 0 Å². The first-order valence-electron chi connectivity index (χ1n) is 11.0. The minimum Gasteiger partial charge on any atom is -0.355 e. The molecule has 0 aliphatic carbocycles. The zero-order valence-electron chi connectivity index (χ0n) is 18.9. The van der Waals surface area contributed by atoms with Crippen molar-refractivity contribution in [1.82, 2.24) is 9.97 Å². The average molecular weight is 464 g/mol. The van der Waals surface area contributed by atoms with Gasteiger partial charge in [0, 0.05) is 65.0 Å². The summed E-state index contributed by atoms with van der Waals surface area (Å²) in [6.45, 7) is 0. The van der Waals surface area contributed by atoms with Crippen LogP contribution in [0.5, 0.6) is 0 Å². The lowest BCUT2D eigenvalue weighted by molar-refractivity contribution is 0.0993. The summed E-state index contributed by atoms with van der Waals surface area (Å²) in [5.41, 5.74) is 5.30. The minimum atomic E-state index is -0.316. The normalized spacial score (nSPS) is 10.7. The van der Waals surface area contributed by atoms with Gasteiger partial charge in [-0.1, -0.05) is 6.07 Å². The molecule has 0 spiro atoms. The zero-order chi connectivity index (χ0) is 24.2. The van der Waals surface area contributed by atoms with Gasteiger partial charge in [0.05, 0.1) is 5.52 Å². The summed E-state index contributed by atoms with van der Waals surface area (Å²) < 4.78 is 13.7. The van der Waals surface area contributed by atoms with Crippen molar-refractivity contribution in [2.45, 2.75) is 0 Å². The number of benzene rings is 3. The van der Waals surface area contributed by atoms with Crippen LogP contribution in [0.25, 0.3) is 10.9 Å². The topological polar surface area (TPSA) is 70.2 Å². The molecular formula is C28H22FN5O. The van der Waals surface area contributed by atoms with Gasteiger partial charge in [0.1, 0.15) is 5.82 Å². The average Bonchev–Trinajstić information content (AvgIpc) is 2.89. The molecule has 6 nitrogen and oxygen atoms in total. The number of halogens is 1. The highest BCUT2D eigenvalue weighted by Gasteiger charge is 2.14. The number of amides is 1. The van der Waals surface area contributed by atoms with E-state index in [1.165, 1.54) is 12.1 Å². The van der Waals surface area contributed by atoms with Crippen LogP contribution in [0.15, 0.2) is 104 Å². The molecule has 35 heavy (non-hydrogen) atoms. The second kappa shape index (κ2) is 9.61. The molecule has 0 aliphatic rings. The summed E-state index contributed by atoms with van der Waals surface area (Å²) >= 11 is 0.